The molecule has 0 saturated heterocycles. The van der Waals surface area contributed by atoms with Crippen LogP contribution >= 0.6 is 0 Å². The van der Waals surface area contributed by atoms with Crippen molar-refractivity contribution in [3.63, 3.8) is 0 Å². The third kappa shape index (κ3) is 5.76. The van der Waals surface area contributed by atoms with Crippen molar-refractivity contribution in [3.8, 4) is 0 Å². The van der Waals surface area contributed by atoms with Crippen LogP contribution in [-0.2, 0) is 9.53 Å². The van der Waals surface area contributed by atoms with Gasteiger partial charge in [0.2, 0.25) is 5.91 Å². The Bertz CT molecular complexity index is 184. The number of hydrogen-bond donors (Lipinski definition) is 2. The average Bonchev–Trinajstić information content (AvgIpc) is 2.09. The number of hydrogen-bond acceptors (Lipinski definition) is 3. The van der Waals surface area contributed by atoms with Crippen molar-refractivity contribution >= 4 is 5.91 Å². The second kappa shape index (κ2) is 5.82. The first kappa shape index (κ1) is 13.2. The maximum absolute atomic E-state index is 11.7. The molecular formula is C7H13F3N2O2. The molecule has 0 aliphatic heterocycles. The molecule has 14 heavy (non-hydrogen) atoms. The number of likely N-dealkylation sites (N-methyl/N-ethyl adjacent to an activating group) is 1. The fourth-order valence-corrected chi connectivity index (χ4v) is 0.767. The van der Waals surface area contributed by atoms with Gasteiger partial charge in [-0.25, -0.2) is 0 Å². The molecule has 0 aromatic heterocycles. The molecular weight excluding hydrogens is 201 g/mol. The first-order chi connectivity index (χ1) is 6.40. The minimum absolute atomic E-state index is 0.0280. The molecule has 4 nitrogen and oxygen atoms in total. The lowest BCUT2D eigenvalue weighted by Gasteiger charge is -2.15. The van der Waals surface area contributed by atoms with Crippen LogP contribution in [-0.4, -0.2) is 45.4 Å². The summed E-state index contributed by atoms with van der Waals surface area (Å²) in [6, 6.07) is -0.762. The Morgan fingerprint density at radius 1 is 1.50 bits per heavy atom. The summed E-state index contributed by atoms with van der Waals surface area (Å²) in [7, 11) is 2.83. The number of alkyl halides is 3. The van der Waals surface area contributed by atoms with Gasteiger partial charge in [-0.3, -0.25) is 4.79 Å². The van der Waals surface area contributed by atoms with E-state index in [2.05, 4.69) is 10.1 Å². The fraction of sp³-hybridized carbons (Fsp3) is 0.857. The highest BCUT2D eigenvalue weighted by Crippen LogP contribution is 2.12. The van der Waals surface area contributed by atoms with Gasteiger partial charge < -0.3 is 15.4 Å². The average molecular weight is 214 g/mol. The van der Waals surface area contributed by atoms with Crippen LogP contribution in [0.1, 0.15) is 0 Å². The standard InChI is InChI=1S/C7H13F3N2O2/c1-11-5(3-14-2)6(13)12-4-7(8,9)10/h5,11H,3-4H2,1-2H3,(H,12,13). The van der Waals surface area contributed by atoms with Crippen molar-refractivity contribution in [1.29, 1.82) is 0 Å². The maximum atomic E-state index is 11.7. The highest BCUT2D eigenvalue weighted by molar-refractivity contribution is 5.81. The Balaban J connectivity index is 3.93. The molecule has 0 radical (unpaired) electrons. The molecule has 0 aliphatic carbocycles. The third-order valence-electron chi connectivity index (χ3n) is 1.46. The van der Waals surface area contributed by atoms with Crippen molar-refractivity contribution in [3.05, 3.63) is 0 Å². The van der Waals surface area contributed by atoms with Gasteiger partial charge in [0.25, 0.3) is 0 Å². The molecule has 84 valence electrons. The van der Waals surface area contributed by atoms with Crippen molar-refractivity contribution in [2.75, 3.05) is 27.3 Å². The van der Waals surface area contributed by atoms with E-state index in [9.17, 15) is 18.0 Å². The lowest BCUT2D eigenvalue weighted by molar-refractivity contribution is -0.140. The second-order valence-corrected chi connectivity index (χ2v) is 2.63. The van der Waals surface area contributed by atoms with Gasteiger partial charge in [-0.2, -0.15) is 13.2 Å². The zero-order valence-electron chi connectivity index (χ0n) is 7.94. The van der Waals surface area contributed by atoms with Crippen LogP contribution < -0.4 is 10.6 Å². The predicted molar refractivity (Wildman–Crippen MR) is 43.8 cm³/mol. The number of methoxy groups -OCH3 is 1. The van der Waals surface area contributed by atoms with Crippen molar-refractivity contribution in [2.24, 2.45) is 0 Å². The van der Waals surface area contributed by atoms with Crippen LogP contribution in [0.15, 0.2) is 0 Å². The fourth-order valence-electron chi connectivity index (χ4n) is 0.767. The molecule has 1 unspecified atom stereocenters. The quantitative estimate of drug-likeness (QED) is 0.672. The Morgan fingerprint density at radius 3 is 2.43 bits per heavy atom. The summed E-state index contributed by atoms with van der Waals surface area (Å²) < 4.78 is 39.8. The van der Waals surface area contributed by atoms with Crippen LogP contribution in [0.4, 0.5) is 13.2 Å². The van der Waals surface area contributed by atoms with E-state index >= 15 is 0 Å². The molecule has 0 aliphatic rings. The van der Waals surface area contributed by atoms with Gasteiger partial charge in [0.1, 0.15) is 12.6 Å². The number of rotatable bonds is 5. The highest BCUT2D eigenvalue weighted by atomic mass is 19.4. The minimum atomic E-state index is -4.39. The summed E-state index contributed by atoms with van der Waals surface area (Å²) in [6.45, 7) is -1.30. The van der Waals surface area contributed by atoms with Crippen molar-refractivity contribution in [2.45, 2.75) is 12.2 Å². The minimum Gasteiger partial charge on any atom is -0.383 e. The van der Waals surface area contributed by atoms with E-state index in [0.29, 0.717) is 0 Å². The molecule has 0 heterocycles. The summed E-state index contributed by atoms with van der Waals surface area (Å²) in [5.74, 6) is -0.730. The van der Waals surface area contributed by atoms with E-state index in [4.69, 9.17) is 0 Å². The van der Waals surface area contributed by atoms with E-state index < -0.39 is 24.7 Å². The molecule has 0 saturated carbocycles. The van der Waals surface area contributed by atoms with Crippen LogP contribution in [0.25, 0.3) is 0 Å². The van der Waals surface area contributed by atoms with Crippen LogP contribution in [0, 0.1) is 0 Å². The summed E-state index contributed by atoms with van der Waals surface area (Å²) in [4.78, 5) is 11.1. The van der Waals surface area contributed by atoms with Crippen LogP contribution in [0.2, 0.25) is 0 Å². The Labute approximate surface area is 79.8 Å². The van der Waals surface area contributed by atoms with Gasteiger partial charge >= 0.3 is 6.18 Å². The summed E-state index contributed by atoms with van der Waals surface area (Å²) in [6.07, 6.45) is -4.39. The summed E-state index contributed by atoms with van der Waals surface area (Å²) in [5, 5.41) is 4.29. The van der Waals surface area contributed by atoms with Gasteiger partial charge in [0, 0.05) is 7.11 Å². The molecule has 0 aromatic rings. The van der Waals surface area contributed by atoms with E-state index in [1.54, 1.807) is 5.32 Å². The van der Waals surface area contributed by atoms with E-state index in [1.807, 2.05) is 0 Å². The summed E-state index contributed by atoms with van der Waals surface area (Å²) >= 11 is 0. The maximum Gasteiger partial charge on any atom is 0.405 e. The molecule has 7 heteroatoms. The molecule has 2 N–H and O–H groups in total. The molecule has 1 atom stereocenters. The molecule has 0 rings (SSSR count). The monoisotopic (exact) mass is 214 g/mol. The largest absolute Gasteiger partial charge is 0.405 e. The predicted octanol–water partition coefficient (Wildman–Crippen LogP) is -0.101. The lowest BCUT2D eigenvalue weighted by Crippen LogP contribution is -2.47. The van der Waals surface area contributed by atoms with E-state index in [-0.39, 0.29) is 6.61 Å². The molecule has 0 aromatic carbocycles. The van der Waals surface area contributed by atoms with Crippen molar-refractivity contribution in [1.82, 2.24) is 10.6 Å². The number of carbonyl (C=O) groups excluding carboxylic acids is 1. The number of nitrogens with one attached hydrogen (secondary N) is 2. The number of carbonyl (C=O) groups is 1. The Kier molecular flexibility index (Phi) is 5.47. The van der Waals surface area contributed by atoms with Crippen LogP contribution in [0.3, 0.4) is 0 Å². The first-order valence-corrected chi connectivity index (χ1v) is 3.91. The lowest BCUT2D eigenvalue weighted by atomic mass is 10.3. The van der Waals surface area contributed by atoms with E-state index in [1.165, 1.54) is 14.2 Å². The Hall–Kier alpha value is -0.820. The summed E-state index contributed by atoms with van der Waals surface area (Å²) in [5.41, 5.74) is 0. The molecule has 1 amide bonds. The van der Waals surface area contributed by atoms with Gasteiger partial charge in [-0.1, -0.05) is 0 Å². The van der Waals surface area contributed by atoms with E-state index in [0.717, 1.165) is 0 Å². The van der Waals surface area contributed by atoms with Gasteiger partial charge in [-0.05, 0) is 7.05 Å². The molecule has 0 fully saturated rings. The molecule has 0 bridgehead atoms. The molecule has 0 spiro atoms. The highest BCUT2D eigenvalue weighted by Gasteiger charge is 2.29. The number of ether oxygens (including phenoxy) is 1. The van der Waals surface area contributed by atoms with Crippen molar-refractivity contribution < 1.29 is 22.7 Å². The zero-order chi connectivity index (χ0) is 11.2. The van der Waals surface area contributed by atoms with Gasteiger partial charge in [-0.15, -0.1) is 0 Å². The number of amides is 1. The SMILES string of the molecule is CNC(COC)C(=O)NCC(F)(F)F. The van der Waals surface area contributed by atoms with Gasteiger partial charge in [0.05, 0.1) is 6.61 Å². The zero-order valence-corrected chi connectivity index (χ0v) is 7.94. The first-order valence-electron chi connectivity index (χ1n) is 3.91. The smallest absolute Gasteiger partial charge is 0.383 e. The Morgan fingerprint density at radius 2 is 2.07 bits per heavy atom. The normalized spacial score (nSPS) is 13.8. The van der Waals surface area contributed by atoms with Gasteiger partial charge in [0.15, 0.2) is 0 Å². The third-order valence-corrected chi connectivity index (χ3v) is 1.46. The second-order valence-electron chi connectivity index (χ2n) is 2.63. The topological polar surface area (TPSA) is 50.4 Å². The van der Waals surface area contributed by atoms with Crippen LogP contribution in [0.5, 0.6) is 0 Å². The number of halogens is 3.